The molecule has 2 nitrogen and oxygen atoms in total. The number of rotatable bonds is 1. The molecule has 2 saturated heterocycles. The van der Waals surface area contributed by atoms with E-state index in [1.165, 1.54) is 19.2 Å². The molecule has 2 fully saturated rings. The van der Waals surface area contributed by atoms with E-state index >= 15 is 0 Å². The van der Waals surface area contributed by atoms with Crippen LogP contribution in [0.4, 0.5) is 10.1 Å². The molecule has 0 saturated carbocycles. The Hall–Kier alpha value is -0.510. The Morgan fingerprint density at radius 2 is 1.88 bits per heavy atom. The molecule has 2 aliphatic heterocycles. The van der Waals surface area contributed by atoms with Crippen molar-refractivity contribution in [1.29, 1.82) is 0 Å². The van der Waals surface area contributed by atoms with Crippen LogP contribution in [0.3, 0.4) is 0 Å². The number of hydrogen-bond donors (Lipinski definition) is 1. The molecular weight excluding hydrogens is 262 g/mol. The predicted molar refractivity (Wildman–Crippen MR) is 62.3 cm³/mol. The first-order valence-corrected chi connectivity index (χ1v) is 6.13. The number of benzene rings is 1. The van der Waals surface area contributed by atoms with Crippen molar-refractivity contribution in [3.63, 3.8) is 0 Å². The summed E-state index contributed by atoms with van der Waals surface area (Å²) in [5.41, 5.74) is 0.857. The number of halogens is 3. The van der Waals surface area contributed by atoms with Crippen LogP contribution in [0.5, 0.6) is 0 Å². The Morgan fingerprint density at radius 1 is 1.24 bits per heavy atom. The van der Waals surface area contributed by atoms with Gasteiger partial charge < -0.3 is 22.6 Å². The summed E-state index contributed by atoms with van der Waals surface area (Å²) < 4.78 is 13.2. The average molecular weight is 277 g/mol. The van der Waals surface area contributed by atoms with Gasteiger partial charge in [0, 0.05) is 24.9 Å². The number of fused-ring (bicyclic) bond motifs is 1. The molecule has 5 heteroatoms. The van der Waals surface area contributed by atoms with Crippen molar-refractivity contribution in [2.75, 3.05) is 31.1 Å². The Morgan fingerprint density at radius 3 is 2.53 bits per heavy atom. The maximum atomic E-state index is 13.2. The summed E-state index contributed by atoms with van der Waals surface area (Å²) >= 11 is 6.12. The Balaban J connectivity index is 0.00000108. The van der Waals surface area contributed by atoms with Crippen LogP contribution in [0, 0.1) is 17.7 Å². The minimum atomic E-state index is -0.206. The fraction of sp³-hybridized carbons (Fsp3) is 0.500. The second kappa shape index (κ2) is 5.01. The van der Waals surface area contributed by atoms with Gasteiger partial charge in [-0.1, -0.05) is 11.6 Å². The highest BCUT2D eigenvalue weighted by Gasteiger charge is 2.39. The Labute approximate surface area is 112 Å². The standard InChI is InChI=1S/C12H14ClFN2.ClH/c13-11-2-1-10(14)3-12(11)16-6-8-4-15-5-9(8)7-16;/h1-3,8-9,15H,4-7H2;1H. The van der Waals surface area contributed by atoms with E-state index in [1.54, 1.807) is 12.1 Å². The third-order valence-electron chi connectivity index (χ3n) is 3.76. The molecule has 2 aliphatic rings. The van der Waals surface area contributed by atoms with E-state index in [0.29, 0.717) is 5.02 Å². The normalized spacial score (nSPS) is 26.8. The van der Waals surface area contributed by atoms with Crippen LogP contribution >= 0.6 is 11.6 Å². The van der Waals surface area contributed by atoms with Gasteiger partial charge in [-0.25, -0.2) is 4.39 Å². The molecule has 0 aliphatic carbocycles. The summed E-state index contributed by atoms with van der Waals surface area (Å²) in [5.74, 6) is 1.29. The topological polar surface area (TPSA) is 19.9 Å². The number of hydrogen-bond acceptors (Lipinski definition) is 1. The quantitative estimate of drug-likeness (QED) is 0.636. The largest absolute Gasteiger partial charge is 1.00 e. The molecule has 0 amide bonds. The van der Waals surface area contributed by atoms with Crippen molar-refractivity contribution >= 4 is 17.3 Å². The highest BCUT2D eigenvalue weighted by atomic mass is 35.5. The summed E-state index contributed by atoms with van der Waals surface area (Å²) in [6.07, 6.45) is 0. The minimum Gasteiger partial charge on any atom is -1.00 e. The molecule has 94 valence electrons. The van der Waals surface area contributed by atoms with Crippen LogP contribution in [0.2, 0.25) is 5.02 Å². The summed E-state index contributed by atoms with van der Waals surface area (Å²) in [4.78, 5) is 2.23. The smallest absolute Gasteiger partial charge is 0.125 e. The Kier molecular flexibility index (Phi) is 3.81. The van der Waals surface area contributed by atoms with Crippen LogP contribution in [0.15, 0.2) is 18.2 Å². The Bertz CT molecular complexity index is 401. The molecule has 17 heavy (non-hydrogen) atoms. The van der Waals surface area contributed by atoms with E-state index in [1.807, 2.05) is 0 Å². The van der Waals surface area contributed by atoms with Crippen molar-refractivity contribution in [3.05, 3.63) is 29.0 Å². The predicted octanol–water partition coefficient (Wildman–Crippen LogP) is -1.89. The maximum Gasteiger partial charge on any atom is 0.125 e. The lowest BCUT2D eigenvalue weighted by Gasteiger charge is -2.20. The van der Waals surface area contributed by atoms with Gasteiger partial charge in [0.2, 0.25) is 0 Å². The molecule has 0 radical (unpaired) electrons. The van der Waals surface area contributed by atoms with Gasteiger partial charge in [-0.3, -0.25) is 0 Å². The first-order chi connectivity index (χ1) is 7.74. The third kappa shape index (κ3) is 2.37. The SMILES string of the molecule is Fc1ccc(Cl)c(N2CC3C[NH2+]CC3C2)c1.[Cl-]. The molecule has 1 aromatic carbocycles. The summed E-state index contributed by atoms with van der Waals surface area (Å²) in [6.45, 7) is 4.44. The van der Waals surface area contributed by atoms with E-state index in [-0.39, 0.29) is 18.2 Å². The van der Waals surface area contributed by atoms with Crippen molar-refractivity contribution in [2.24, 2.45) is 11.8 Å². The van der Waals surface area contributed by atoms with Crippen molar-refractivity contribution < 1.29 is 22.1 Å². The van der Waals surface area contributed by atoms with Gasteiger partial charge in [0.1, 0.15) is 5.82 Å². The lowest BCUT2D eigenvalue weighted by Crippen LogP contribution is -3.00. The van der Waals surface area contributed by atoms with Gasteiger partial charge in [-0.2, -0.15) is 0 Å². The molecule has 1 aromatic rings. The van der Waals surface area contributed by atoms with Gasteiger partial charge in [-0.15, -0.1) is 0 Å². The lowest BCUT2D eigenvalue weighted by molar-refractivity contribution is -0.640. The lowest BCUT2D eigenvalue weighted by atomic mass is 10.0. The van der Waals surface area contributed by atoms with Crippen LogP contribution < -0.4 is 22.6 Å². The number of quaternary nitrogens is 1. The summed E-state index contributed by atoms with van der Waals surface area (Å²) in [6, 6.07) is 4.61. The van der Waals surface area contributed by atoms with E-state index in [2.05, 4.69) is 10.2 Å². The molecular formula is C12H15Cl2FN2. The fourth-order valence-electron chi connectivity index (χ4n) is 2.92. The highest BCUT2D eigenvalue weighted by Crippen LogP contribution is 2.33. The van der Waals surface area contributed by atoms with E-state index < -0.39 is 0 Å². The molecule has 2 N–H and O–H groups in total. The van der Waals surface area contributed by atoms with Gasteiger partial charge in [0.25, 0.3) is 0 Å². The first-order valence-electron chi connectivity index (χ1n) is 5.75. The maximum absolute atomic E-state index is 13.2. The summed E-state index contributed by atoms with van der Waals surface area (Å²) in [7, 11) is 0. The summed E-state index contributed by atoms with van der Waals surface area (Å²) in [5, 5.41) is 3.03. The zero-order valence-electron chi connectivity index (χ0n) is 9.37. The monoisotopic (exact) mass is 276 g/mol. The molecule has 0 spiro atoms. The van der Waals surface area contributed by atoms with E-state index in [4.69, 9.17) is 11.6 Å². The van der Waals surface area contributed by atoms with Crippen molar-refractivity contribution in [1.82, 2.24) is 0 Å². The van der Waals surface area contributed by atoms with Crippen LogP contribution in [0.25, 0.3) is 0 Å². The zero-order chi connectivity index (χ0) is 11.1. The average Bonchev–Trinajstić information content (AvgIpc) is 2.81. The van der Waals surface area contributed by atoms with Gasteiger partial charge >= 0.3 is 0 Å². The molecule has 2 heterocycles. The molecule has 2 unspecified atom stereocenters. The molecule has 2 atom stereocenters. The third-order valence-corrected chi connectivity index (χ3v) is 4.08. The van der Waals surface area contributed by atoms with Crippen molar-refractivity contribution in [2.45, 2.75) is 0 Å². The zero-order valence-corrected chi connectivity index (χ0v) is 10.9. The first kappa shape index (κ1) is 12.9. The second-order valence-electron chi connectivity index (χ2n) is 4.78. The number of nitrogens with zero attached hydrogens (tertiary/aromatic N) is 1. The molecule has 0 aromatic heterocycles. The minimum absolute atomic E-state index is 0. The second-order valence-corrected chi connectivity index (χ2v) is 5.19. The van der Waals surface area contributed by atoms with Crippen LogP contribution in [0.1, 0.15) is 0 Å². The van der Waals surface area contributed by atoms with Crippen molar-refractivity contribution in [3.8, 4) is 0 Å². The van der Waals surface area contributed by atoms with Crippen LogP contribution in [-0.2, 0) is 0 Å². The number of anilines is 1. The highest BCUT2D eigenvalue weighted by molar-refractivity contribution is 6.33. The van der Waals surface area contributed by atoms with E-state index in [9.17, 15) is 4.39 Å². The molecule has 3 rings (SSSR count). The molecule has 0 bridgehead atoms. The van der Waals surface area contributed by atoms with Gasteiger partial charge in [0.15, 0.2) is 0 Å². The van der Waals surface area contributed by atoms with Gasteiger partial charge in [0.05, 0.1) is 23.8 Å². The van der Waals surface area contributed by atoms with Gasteiger partial charge in [-0.05, 0) is 18.2 Å². The number of nitrogens with two attached hydrogens (primary N) is 1. The van der Waals surface area contributed by atoms with Crippen LogP contribution in [-0.4, -0.2) is 26.2 Å². The fourth-order valence-corrected chi connectivity index (χ4v) is 3.16. The van der Waals surface area contributed by atoms with E-state index in [0.717, 1.165) is 30.6 Å².